The fraction of sp³-hybridized carbons (Fsp3) is 0.450. The lowest BCUT2D eigenvalue weighted by atomic mass is 10.0. The second kappa shape index (κ2) is 7.60. The van der Waals surface area contributed by atoms with Crippen molar-refractivity contribution in [2.45, 2.75) is 13.0 Å². The first-order valence-electron chi connectivity index (χ1n) is 9.43. The molecule has 2 aromatic rings. The average Bonchev–Trinajstić information content (AvgIpc) is 3.01. The van der Waals surface area contributed by atoms with E-state index in [0.717, 1.165) is 49.8 Å². The summed E-state index contributed by atoms with van der Waals surface area (Å²) in [5.74, 6) is 1.11. The molecule has 4 rings (SSSR count). The number of halogens is 1. The number of nitrogens with zero attached hydrogens (tertiary/aromatic N) is 6. The summed E-state index contributed by atoms with van der Waals surface area (Å²) in [6.45, 7) is 7.04. The van der Waals surface area contributed by atoms with Crippen molar-refractivity contribution in [3.05, 3.63) is 42.5 Å². The van der Waals surface area contributed by atoms with Crippen molar-refractivity contribution in [2.75, 3.05) is 44.7 Å². The number of hydrogen-bond acceptors (Lipinski definition) is 6. The highest BCUT2D eigenvalue weighted by Crippen LogP contribution is 2.27. The molecule has 0 saturated carbocycles. The lowest BCUT2D eigenvalue weighted by molar-refractivity contribution is 0.193. The van der Waals surface area contributed by atoms with Gasteiger partial charge in [-0.05, 0) is 31.2 Å². The maximum atomic E-state index is 13.3. The SMILES string of the molecule is CC1C(CN2CCN(c3nccnc3-c3ccc(F)cc3)CC2)C=NN1C. The summed E-state index contributed by atoms with van der Waals surface area (Å²) >= 11 is 0. The highest BCUT2D eigenvalue weighted by atomic mass is 19.1. The standard InChI is InChI=1S/C20H25FN6/c1-15-17(13-24-25(15)2)14-26-9-11-27(12-10-26)20-19(22-7-8-23-20)16-3-5-18(21)6-4-16/h3-8,13,15,17H,9-12,14H2,1-2H3. The van der Waals surface area contributed by atoms with Crippen molar-refractivity contribution < 1.29 is 4.39 Å². The molecule has 2 aliphatic heterocycles. The van der Waals surface area contributed by atoms with Crippen LogP contribution in [0, 0.1) is 11.7 Å². The van der Waals surface area contributed by atoms with Gasteiger partial charge in [0.15, 0.2) is 5.82 Å². The van der Waals surface area contributed by atoms with Crippen LogP contribution in [0.25, 0.3) is 11.3 Å². The lowest BCUT2D eigenvalue weighted by Gasteiger charge is -2.37. The van der Waals surface area contributed by atoms with Gasteiger partial charge in [0.05, 0.1) is 6.04 Å². The molecule has 0 spiro atoms. The lowest BCUT2D eigenvalue weighted by Crippen LogP contribution is -2.49. The summed E-state index contributed by atoms with van der Waals surface area (Å²) in [6.07, 6.45) is 5.49. The van der Waals surface area contributed by atoms with Crippen molar-refractivity contribution in [2.24, 2.45) is 11.0 Å². The van der Waals surface area contributed by atoms with E-state index in [0.29, 0.717) is 12.0 Å². The zero-order valence-corrected chi connectivity index (χ0v) is 15.8. The number of hydrazone groups is 1. The minimum Gasteiger partial charge on any atom is -0.352 e. The van der Waals surface area contributed by atoms with Crippen molar-refractivity contribution in [1.29, 1.82) is 0 Å². The third kappa shape index (κ3) is 3.78. The summed E-state index contributed by atoms with van der Waals surface area (Å²) in [5, 5.41) is 6.44. The first kappa shape index (κ1) is 17.9. The van der Waals surface area contributed by atoms with Crippen LogP contribution >= 0.6 is 0 Å². The molecule has 2 atom stereocenters. The average molecular weight is 368 g/mol. The van der Waals surface area contributed by atoms with Crippen molar-refractivity contribution in [3.63, 3.8) is 0 Å². The number of piperazine rings is 1. The molecule has 142 valence electrons. The molecule has 2 unspecified atom stereocenters. The molecule has 3 heterocycles. The fourth-order valence-corrected chi connectivity index (χ4v) is 3.71. The zero-order valence-electron chi connectivity index (χ0n) is 15.8. The van der Waals surface area contributed by atoms with Crippen molar-refractivity contribution >= 4 is 12.0 Å². The summed E-state index contributed by atoms with van der Waals surface area (Å²) in [7, 11) is 2.03. The quantitative estimate of drug-likeness (QED) is 0.829. The predicted molar refractivity (Wildman–Crippen MR) is 105 cm³/mol. The molecule has 1 aromatic carbocycles. The van der Waals surface area contributed by atoms with Crippen LogP contribution in [0.3, 0.4) is 0 Å². The Balaban J connectivity index is 1.43. The Kier molecular flexibility index (Phi) is 5.03. The number of anilines is 1. The summed E-state index contributed by atoms with van der Waals surface area (Å²) in [6, 6.07) is 6.90. The third-order valence-electron chi connectivity index (χ3n) is 5.59. The fourth-order valence-electron chi connectivity index (χ4n) is 3.71. The molecule has 1 aromatic heterocycles. The first-order valence-corrected chi connectivity index (χ1v) is 9.43. The van der Waals surface area contributed by atoms with Crippen LogP contribution in [0.15, 0.2) is 41.8 Å². The molecule has 2 aliphatic rings. The topological polar surface area (TPSA) is 47.9 Å². The Morgan fingerprint density at radius 1 is 1.04 bits per heavy atom. The molecule has 7 heteroatoms. The number of benzene rings is 1. The van der Waals surface area contributed by atoms with Gasteiger partial charge in [0, 0.05) is 69.9 Å². The van der Waals surface area contributed by atoms with Gasteiger partial charge in [0.25, 0.3) is 0 Å². The highest BCUT2D eigenvalue weighted by molar-refractivity contribution is 5.72. The van der Waals surface area contributed by atoms with Gasteiger partial charge in [0.1, 0.15) is 11.5 Å². The van der Waals surface area contributed by atoms with Crippen LogP contribution in [0.4, 0.5) is 10.2 Å². The second-order valence-electron chi connectivity index (χ2n) is 7.27. The first-order chi connectivity index (χ1) is 13.1. The summed E-state index contributed by atoms with van der Waals surface area (Å²) < 4.78 is 13.3. The van der Waals surface area contributed by atoms with E-state index in [1.165, 1.54) is 12.1 Å². The molecule has 0 bridgehead atoms. The predicted octanol–water partition coefficient (Wildman–Crippen LogP) is 2.34. The molecule has 0 N–H and O–H groups in total. The van der Waals surface area contributed by atoms with E-state index >= 15 is 0 Å². The van der Waals surface area contributed by atoms with Gasteiger partial charge in [-0.2, -0.15) is 5.10 Å². The van der Waals surface area contributed by atoms with E-state index in [-0.39, 0.29) is 5.82 Å². The normalized spacial score (nSPS) is 23.2. The molecule has 1 fully saturated rings. The number of rotatable bonds is 4. The molecule has 0 aliphatic carbocycles. The minimum atomic E-state index is -0.242. The molecule has 1 saturated heterocycles. The summed E-state index contributed by atoms with van der Waals surface area (Å²) in [4.78, 5) is 13.9. The van der Waals surface area contributed by atoms with Crippen LogP contribution in [0.2, 0.25) is 0 Å². The number of aromatic nitrogens is 2. The molecule has 0 amide bonds. The largest absolute Gasteiger partial charge is 0.352 e. The van der Waals surface area contributed by atoms with E-state index < -0.39 is 0 Å². The van der Waals surface area contributed by atoms with E-state index in [2.05, 4.69) is 38.0 Å². The van der Waals surface area contributed by atoms with Crippen molar-refractivity contribution in [3.8, 4) is 11.3 Å². The van der Waals surface area contributed by atoms with Crippen LogP contribution in [0.5, 0.6) is 0 Å². The van der Waals surface area contributed by atoms with Gasteiger partial charge in [0.2, 0.25) is 0 Å². The highest BCUT2D eigenvalue weighted by Gasteiger charge is 2.28. The Bertz CT molecular complexity index is 800. The van der Waals surface area contributed by atoms with Crippen LogP contribution < -0.4 is 4.90 Å². The molecule has 6 nitrogen and oxygen atoms in total. The van der Waals surface area contributed by atoms with Gasteiger partial charge in [-0.15, -0.1) is 0 Å². The molecular weight excluding hydrogens is 343 g/mol. The Morgan fingerprint density at radius 2 is 1.74 bits per heavy atom. The zero-order chi connectivity index (χ0) is 18.8. The van der Waals surface area contributed by atoms with Gasteiger partial charge in [-0.3, -0.25) is 14.9 Å². The monoisotopic (exact) mass is 368 g/mol. The molecule has 0 radical (unpaired) electrons. The Labute approximate surface area is 159 Å². The van der Waals surface area contributed by atoms with Crippen LogP contribution in [-0.4, -0.2) is 71.9 Å². The smallest absolute Gasteiger partial charge is 0.155 e. The summed E-state index contributed by atoms with van der Waals surface area (Å²) in [5.41, 5.74) is 1.70. The Hall–Kier alpha value is -2.54. The molecule has 27 heavy (non-hydrogen) atoms. The van der Waals surface area contributed by atoms with Gasteiger partial charge in [-0.25, -0.2) is 9.37 Å². The van der Waals surface area contributed by atoms with E-state index in [4.69, 9.17) is 0 Å². The maximum absolute atomic E-state index is 13.3. The van der Waals surface area contributed by atoms with Crippen molar-refractivity contribution in [1.82, 2.24) is 19.9 Å². The maximum Gasteiger partial charge on any atom is 0.155 e. The minimum absolute atomic E-state index is 0.242. The van der Waals surface area contributed by atoms with Gasteiger partial charge < -0.3 is 4.90 Å². The van der Waals surface area contributed by atoms with E-state index in [1.54, 1.807) is 24.5 Å². The van der Waals surface area contributed by atoms with Gasteiger partial charge >= 0.3 is 0 Å². The number of hydrogen-bond donors (Lipinski definition) is 0. The Morgan fingerprint density at radius 3 is 2.41 bits per heavy atom. The van der Waals surface area contributed by atoms with Crippen LogP contribution in [-0.2, 0) is 0 Å². The van der Waals surface area contributed by atoms with E-state index in [1.807, 2.05) is 12.1 Å². The van der Waals surface area contributed by atoms with Gasteiger partial charge in [-0.1, -0.05) is 0 Å². The molecular formula is C20H25FN6. The van der Waals surface area contributed by atoms with Crippen LogP contribution in [0.1, 0.15) is 6.92 Å². The van der Waals surface area contributed by atoms with E-state index in [9.17, 15) is 4.39 Å². The second-order valence-corrected chi connectivity index (χ2v) is 7.27. The third-order valence-corrected chi connectivity index (χ3v) is 5.59.